The third-order valence-electron chi connectivity index (χ3n) is 2.61. The molecule has 1 heterocycles. The summed E-state index contributed by atoms with van der Waals surface area (Å²) >= 11 is 0. The standard InChI is InChI=1S/C12H17NO3/c13-5-4-11-8-15-12(16-11)7-9-2-1-3-10(14)6-9/h1-3,6,11-12,14H,4-5,7-8,13H2. The van der Waals surface area contributed by atoms with Gasteiger partial charge < -0.3 is 20.3 Å². The molecule has 1 fully saturated rings. The van der Waals surface area contributed by atoms with Crippen LogP contribution in [-0.4, -0.2) is 30.7 Å². The van der Waals surface area contributed by atoms with E-state index < -0.39 is 0 Å². The summed E-state index contributed by atoms with van der Waals surface area (Å²) in [6.07, 6.45) is 1.40. The largest absolute Gasteiger partial charge is 0.508 e. The zero-order valence-electron chi connectivity index (χ0n) is 9.13. The van der Waals surface area contributed by atoms with Gasteiger partial charge >= 0.3 is 0 Å². The van der Waals surface area contributed by atoms with Gasteiger partial charge in [0.2, 0.25) is 0 Å². The number of ether oxygens (including phenoxy) is 2. The van der Waals surface area contributed by atoms with Crippen molar-refractivity contribution in [1.29, 1.82) is 0 Å². The van der Waals surface area contributed by atoms with E-state index in [-0.39, 0.29) is 18.1 Å². The summed E-state index contributed by atoms with van der Waals surface area (Å²) < 4.78 is 11.2. The van der Waals surface area contributed by atoms with Crippen molar-refractivity contribution in [3.63, 3.8) is 0 Å². The van der Waals surface area contributed by atoms with E-state index in [1.54, 1.807) is 12.1 Å². The summed E-state index contributed by atoms with van der Waals surface area (Å²) in [5.74, 6) is 0.272. The predicted molar refractivity (Wildman–Crippen MR) is 60.1 cm³/mol. The molecule has 0 radical (unpaired) electrons. The molecule has 0 aromatic heterocycles. The third kappa shape index (κ3) is 2.95. The molecule has 1 saturated heterocycles. The number of nitrogens with two attached hydrogens (primary N) is 1. The molecule has 0 saturated carbocycles. The average molecular weight is 223 g/mol. The van der Waals surface area contributed by atoms with Crippen LogP contribution in [0.15, 0.2) is 24.3 Å². The highest BCUT2D eigenvalue weighted by Crippen LogP contribution is 2.19. The molecule has 2 unspecified atom stereocenters. The zero-order valence-corrected chi connectivity index (χ0v) is 9.13. The predicted octanol–water partition coefficient (Wildman–Crippen LogP) is 1.02. The van der Waals surface area contributed by atoms with Crippen molar-refractivity contribution in [1.82, 2.24) is 0 Å². The van der Waals surface area contributed by atoms with Gasteiger partial charge in [-0.3, -0.25) is 0 Å². The topological polar surface area (TPSA) is 64.7 Å². The van der Waals surface area contributed by atoms with E-state index in [1.165, 1.54) is 0 Å². The second-order valence-electron chi connectivity index (χ2n) is 3.97. The van der Waals surface area contributed by atoms with Crippen molar-refractivity contribution >= 4 is 0 Å². The molecule has 1 aliphatic rings. The Kier molecular flexibility index (Phi) is 3.77. The number of phenols is 1. The Morgan fingerprint density at radius 3 is 3.06 bits per heavy atom. The van der Waals surface area contributed by atoms with Crippen molar-refractivity contribution in [2.45, 2.75) is 25.2 Å². The summed E-state index contributed by atoms with van der Waals surface area (Å²) in [6, 6.07) is 7.14. The number of hydrogen-bond acceptors (Lipinski definition) is 4. The van der Waals surface area contributed by atoms with Crippen molar-refractivity contribution in [3.8, 4) is 5.75 Å². The van der Waals surface area contributed by atoms with E-state index in [9.17, 15) is 5.11 Å². The maximum atomic E-state index is 9.33. The second-order valence-corrected chi connectivity index (χ2v) is 3.97. The maximum absolute atomic E-state index is 9.33. The minimum atomic E-state index is -0.210. The summed E-state index contributed by atoms with van der Waals surface area (Å²) in [7, 11) is 0. The first-order valence-corrected chi connectivity index (χ1v) is 5.53. The van der Waals surface area contributed by atoms with Gasteiger partial charge in [0.1, 0.15) is 5.75 Å². The maximum Gasteiger partial charge on any atom is 0.162 e. The van der Waals surface area contributed by atoms with Gasteiger partial charge in [0, 0.05) is 6.42 Å². The minimum absolute atomic E-state index is 0.118. The van der Waals surface area contributed by atoms with Crippen LogP contribution in [0.3, 0.4) is 0 Å². The van der Waals surface area contributed by atoms with Crippen molar-refractivity contribution in [2.24, 2.45) is 5.73 Å². The van der Waals surface area contributed by atoms with Crippen LogP contribution in [0.2, 0.25) is 0 Å². The third-order valence-corrected chi connectivity index (χ3v) is 2.61. The molecule has 0 spiro atoms. The Morgan fingerprint density at radius 1 is 1.44 bits per heavy atom. The molecule has 1 aliphatic heterocycles. The number of hydrogen-bond donors (Lipinski definition) is 2. The van der Waals surface area contributed by atoms with E-state index >= 15 is 0 Å². The van der Waals surface area contributed by atoms with Crippen LogP contribution in [0.25, 0.3) is 0 Å². The van der Waals surface area contributed by atoms with Crippen molar-refractivity contribution in [2.75, 3.05) is 13.2 Å². The van der Waals surface area contributed by atoms with Gasteiger partial charge in [0.15, 0.2) is 6.29 Å². The van der Waals surface area contributed by atoms with Crippen molar-refractivity contribution < 1.29 is 14.6 Å². The number of rotatable bonds is 4. The van der Waals surface area contributed by atoms with E-state index in [0.717, 1.165) is 12.0 Å². The highest BCUT2D eigenvalue weighted by Gasteiger charge is 2.25. The van der Waals surface area contributed by atoms with E-state index in [2.05, 4.69) is 0 Å². The monoisotopic (exact) mass is 223 g/mol. The molecule has 4 heteroatoms. The van der Waals surface area contributed by atoms with Gasteiger partial charge in [-0.15, -0.1) is 0 Å². The van der Waals surface area contributed by atoms with Crippen molar-refractivity contribution in [3.05, 3.63) is 29.8 Å². The molecule has 1 aromatic rings. The molecule has 1 aromatic carbocycles. The molecule has 0 aliphatic carbocycles. The van der Waals surface area contributed by atoms with Gasteiger partial charge in [-0.05, 0) is 30.7 Å². The molecular formula is C12H17NO3. The highest BCUT2D eigenvalue weighted by atomic mass is 16.7. The first kappa shape index (κ1) is 11.4. The Bertz CT molecular complexity index is 343. The molecule has 2 rings (SSSR count). The molecule has 3 N–H and O–H groups in total. The van der Waals surface area contributed by atoms with Gasteiger partial charge in [-0.1, -0.05) is 12.1 Å². The summed E-state index contributed by atoms with van der Waals surface area (Å²) in [6.45, 7) is 1.23. The van der Waals surface area contributed by atoms with E-state index in [0.29, 0.717) is 19.6 Å². The minimum Gasteiger partial charge on any atom is -0.508 e. The number of phenolic OH excluding ortho intramolecular Hbond substituents is 1. The van der Waals surface area contributed by atoms with Gasteiger partial charge in [0.05, 0.1) is 12.7 Å². The lowest BCUT2D eigenvalue weighted by Gasteiger charge is -2.11. The van der Waals surface area contributed by atoms with E-state index in [1.807, 2.05) is 12.1 Å². The van der Waals surface area contributed by atoms with E-state index in [4.69, 9.17) is 15.2 Å². The molecule has 88 valence electrons. The summed E-state index contributed by atoms with van der Waals surface area (Å²) in [5, 5.41) is 9.33. The lowest BCUT2D eigenvalue weighted by atomic mass is 10.1. The molecule has 4 nitrogen and oxygen atoms in total. The van der Waals surface area contributed by atoms with Gasteiger partial charge in [-0.2, -0.15) is 0 Å². The van der Waals surface area contributed by atoms with Crippen LogP contribution in [-0.2, 0) is 15.9 Å². The molecule has 2 atom stereocenters. The smallest absolute Gasteiger partial charge is 0.162 e. The fraction of sp³-hybridized carbons (Fsp3) is 0.500. The molecule has 16 heavy (non-hydrogen) atoms. The normalized spacial score (nSPS) is 24.8. The van der Waals surface area contributed by atoms with Crippen LogP contribution in [0.1, 0.15) is 12.0 Å². The Balaban J connectivity index is 1.87. The summed E-state index contributed by atoms with van der Waals surface area (Å²) in [4.78, 5) is 0. The van der Waals surface area contributed by atoms with Crippen LogP contribution < -0.4 is 5.73 Å². The molecule has 0 amide bonds. The SMILES string of the molecule is NCCC1COC(Cc2cccc(O)c2)O1. The first-order valence-electron chi connectivity index (χ1n) is 5.53. The van der Waals surface area contributed by atoms with Gasteiger partial charge in [0.25, 0.3) is 0 Å². The quantitative estimate of drug-likeness (QED) is 0.800. The Morgan fingerprint density at radius 2 is 2.31 bits per heavy atom. The summed E-state index contributed by atoms with van der Waals surface area (Å²) in [5.41, 5.74) is 6.47. The van der Waals surface area contributed by atoms with Gasteiger partial charge in [-0.25, -0.2) is 0 Å². The number of benzene rings is 1. The van der Waals surface area contributed by atoms with Crippen LogP contribution >= 0.6 is 0 Å². The average Bonchev–Trinajstić information content (AvgIpc) is 2.66. The fourth-order valence-electron chi connectivity index (χ4n) is 1.83. The molecular weight excluding hydrogens is 206 g/mol. The Labute approximate surface area is 95.0 Å². The van der Waals surface area contributed by atoms with Crippen LogP contribution in [0.4, 0.5) is 0 Å². The lowest BCUT2D eigenvalue weighted by molar-refractivity contribution is -0.0563. The second kappa shape index (κ2) is 5.30. The fourth-order valence-corrected chi connectivity index (χ4v) is 1.83. The molecule has 0 bridgehead atoms. The number of aromatic hydroxyl groups is 1. The lowest BCUT2D eigenvalue weighted by Crippen LogP contribution is -2.17. The highest BCUT2D eigenvalue weighted by molar-refractivity contribution is 5.27. The first-order chi connectivity index (χ1) is 7.78. The Hall–Kier alpha value is -1.10. The van der Waals surface area contributed by atoms with Crippen LogP contribution in [0.5, 0.6) is 5.75 Å². The van der Waals surface area contributed by atoms with Crippen LogP contribution in [0, 0.1) is 0 Å². The zero-order chi connectivity index (χ0) is 11.4.